The SMILES string of the molecule is Cc1ccccc1.Cc1ccccc1-c1cc2c(cc1C)n(-c1ccccc1)c(=O)c1c3ccccc3n(-c3ccccc3)c21. The number of nitrogens with zero attached hydrogens (tertiary/aromatic N) is 2. The van der Waals surface area contributed by atoms with Crippen molar-refractivity contribution in [3.63, 3.8) is 0 Å². The highest BCUT2D eigenvalue weighted by atomic mass is 16.1. The summed E-state index contributed by atoms with van der Waals surface area (Å²) in [5.74, 6) is 0. The molecule has 0 radical (unpaired) electrons. The van der Waals surface area contributed by atoms with Crippen LogP contribution in [0.5, 0.6) is 0 Å². The van der Waals surface area contributed by atoms with E-state index in [0.29, 0.717) is 0 Å². The maximum atomic E-state index is 14.5. The molecule has 0 bridgehead atoms. The van der Waals surface area contributed by atoms with Crippen molar-refractivity contribution in [2.24, 2.45) is 0 Å². The Hall–Kier alpha value is -5.67. The van der Waals surface area contributed by atoms with E-state index in [4.69, 9.17) is 0 Å². The van der Waals surface area contributed by atoms with Gasteiger partial charge in [-0.15, -0.1) is 0 Å². The van der Waals surface area contributed by atoms with E-state index >= 15 is 0 Å². The number of para-hydroxylation sites is 3. The molecule has 0 aliphatic rings. The molecule has 3 heteroatoms. The Kier molecular flexibility index (Phi) is 7.36. The first-order valence-corrected chi connectivity index (χ1v) is 15.3. The van der Waals surface area contributed by atoms with E-state index in [-0.39, 0.29) is 5.56 Å². The summed E-state index contributed by atoms with van der Waals surface area (Å²) >= 11 is 0. The molecule has 2 heterocycles. The van der Waals surface area contributed by atoms with E-state index in [2.05, 4.69) is 98.1 Å². The molecule has 0 saturated carbocycles. The predicted octanol–water partition coefficient (Wildman–Crippen LogP) is 10.4. The van der Waals surface area contributed by atoms with Gasteiger partial charge in [0.25, 0.3) is 5.56 Å². The van der Waals surface area contributed by atoms with Crippen molar-refractivity contribution in [1.29, 1.82) is 0 Å². The summed E-state index contributed by atoms with van der Waals surface area (Å²) < 4.78 is 4.13. The Morgan fingerprint density at radius 2 is 1.00 bits per heavy atom. The summed E-state index contributed by atoms with van der Waals surface area (Å²) in [7, 11) is 0. The van der Waals surface area contributed by atoms with Gasteiger partial charge >= 0.3 is 0 Å². The lowest BCUT2D eigenvalue weighted by Crippen LogP contribution is -2.19. The van der Waals surface area contributed by atoms with E-state index in [1.807, 2.05) is 83.4 Å². The van der Waals surface area contributed by atoms with E-state index in [9.17, 15) is 4.79 Å². The number of benzene rings is 6. The van der Waals surface area contributed by atoms with Gasteiger partial charge in [0.15, 0.2) is 0 Å². The average Bonchev–Trinajstić information content (AvgIpc) is 3.42. The van der Waals surface area contributed by atoms with Crippen molar-refractivity contribution in [2.45, 2.75) is 20.8 Å². The Balaban J connectivity index is 0.000000412. The van der Waals surface area contributed by atoms with Crippen LogP contribution < -0.4 is 5.56 Å². The van der Waals surface area contributed by atoms with Crippen molar-refractivity contribution in [2.75, 3.05) is 0 Å². The van der Waals surface area contributed by atoms with Gasteiger partial charge in [-0.2, -0.15) is 0 Å². The van der Waals surface area contributed by atoms with Gasteiger partial charge in [-0.3, -0.25) is 9.36 Å². The van der Waals surface area contributed by atoms with Gasteiger partial charge < -0.3 is 4.57 Å². The molecule has 0 spiro atoms. The molecule has 45 heavy (non-hydrogen) atoms. The Labute approximate surface area is 263 Å². The lowest BCUT2D eigenvalue weighted by Gasteiger charge is -2.17. The predicted molar refractivity (Wildman–Crippen MR) is 190 cm³/mol. The summed E-state index contributed by atoms with van der Waals surface area (Å²) in [5.41, 5.74) is 10.8. The van der Waals surface area contributed by atoms with Crippen molar-refractivity contribution < 1.29 is 0 Å². The van der Waals surface area contributed by atoms with Crippen molar-refractivity contribution >= 4 is 32.7 Å². The zero-order valence-electron chi connectivity index (χ0n) is 25.7. The molecule has 0 fully saturated rings. The minimum absolute atomic E-state index is 0.00683. The Morgan fingerprint density at radius 3 is 1.62 bits per heavy atom. The van der Waals surface area contributed by atoms with Crippen molar-refractivity contribution in [1.82, 2.24) is 9.13 Å². The van der Waals surface area contributed by atoms with E-state index < -0.39 is 0 Å². The second-order valence-electron chi connectivity index (χ2n) is 11.5. The highest BCUT2D eigenvalue weighted by Gasteiger charge is 2.22. The first kappa shape index (κ1) is 28.1. The summed E-state index contributed by atoms with van der Waals surface area (Å²) in [5, 5.41) is 2.74. The number of hydrogen-bond acceptors (Lipinski definition) is 1. The second kappa shape index (κ2) is 11.8. The molecule has 0 saturated heterocycles. The Bertz CT molecular complexity index is 2350. The molecule has 0 atom stereocenters. The van der Waals surface area contributed by atoms with E-state index in [0.717, 1.165) is 49.6 Å². The molecule has 0 amide bonds. The van der Waals surface area contributed by atoms with Crippen LogP contribution in [-0.4, -0.2) is 9.13 Å². The van der Waals surface area contributed by atoms with Crippen molar-refractivity contribution in [3.8, 4) is 22.5 Å². The molecule has 8 rings (SSSR count). The van der Waals surface area contributed by atoms with Gasteiger partial charge in [0.2, 0.25) is 0 Å². The fraction of sp³-hybridized carbons (Fsp3) is 0.0714. The van der Waals surface area contributed by atoms with E-state index in [1.54, 1.807) is 0 Å². The van der Waals surface area contributed by atoms with Crippen LogP contribution in [0.4, 0.5) is 0 Å². The van der Waals surface area contributed by atoms with Crippen LogP contribution in [0.3, 0.4) is 0 Å². The van der Waals surface area contributed by atoms with Gasteiger partial charge in [-0.1, -0.05) is 115 Å². The zero-order valence-corrected chi connectivity index (χ0v) is 25.7. The largest absolute Gasteiger partial charge is 0.308 e. The van der Waals surface area contributed by atoms with E-state index in [1.165, 1.54) is 22.3 Å². The summed E-state index contributed by atoms with van der Waals surface area (Å²) in [4.78, 5) is 14.5. The van der Waals surface area contributed by atoms with Crippen LogP contribution in [0.1, 0.15) is 16.7 Å². The number of hydrogen-bond donors (Lipinski definition) is 0. The number of aryl methyl sites for hydroxylation is 3. The average molecular weight is 583 g/mol. The molecular formula is C42H34N2O. The minimum atomic E-state index is -0.00683. The molecule has 8 aromatic rings. The fourth-order valence-electron chi connectivity index (χ4n) is 6.38. The van der Waals surface area contributed by atoms with Crippen LogP contribution in [0.25, 0.3) is 55.2 Å². The summed E-state index contributed by atoms with van der Waals surface area (Å²) in [6, 6.07) is 51.8. The first-order valence-electron chi connectivity index (χ1n) is 15.3. The normalized spacial score (nSPS) is 11.1. The third-order valence-corrected chi connectivity index (χ3v) is 8.53. The smallest absolute Gasteiger partial charge is 0.265 e. The maximum Gasteiger partial charge on any atom is 0.265 e. The third-order valence-electron chi connectivity index (χ3n) is 8.53. The highest BCUT2D eigenvalue weighted by Crippen LogP contribution is 2.38. The number of pyridine rings is 1. The standard InChI is InChI=1S/C35H26N2O.C7H8/c1-23-13-9-10-18-27(23)29-22-30-32(21-24(29)2)37(26-16-7-4-8-17-26)35(38)33-28-19-11-12-20-31(28)36(34(30)33)25-14-5-3-6-15-25;1-7-5-3-2-4-6-7/h3-22H,1-2H3;2-6H,1H3. The van der Waals surface area contributed by atoms with Gasteiger partial charge in [0.1, 0.15) is 0 Å². The molecule has 3 nitrogen and oxygen atoms in total. The molecule has 2 aromatic heterocycles. The zero-order chi connectivity index (χ0) is 30.9. The molecule has 0 aliphatic carbocycles. The summed E-state index contributed by atoms with van der Waals surface area (Å²) in [6.07, 6.45) is 0. The van der Waals surface area contributed by atoms with Gasteiger partial charge in [0.05, 0.1) is 21.9 Å². The summed E-state index contributed by atoms with van der Waals surface area (Å²) in [6.45, 7) is 6.37. The monoisotopic (exact) mass is 582 g/mol. The van der Waals surface area contributed by atoms with Gasteiger partial charge in [0, 0.05) is 22.1 Å². The lowest BCUT2D eigenvalue weighted by atomic mass is 9.94. The topological polar surface area (TPSA) is 26.9 Å². The van der Waals surface area contributed by atoms with Crippen LogP contribution >= 0.6 is 0 Å². The molecular weight excluding hydrogens is 548 g/mol. The van der Waals surface area contributed by atoms with Gasteiger partial charge in [-0.05, 0) is 85.5 Å². The van der Waals surface area contributed by atoms with Gasteiger partial charge in [-0.25, -0.2) is 0 Å². The molecule has 0 aliphatic heterocycles. The number of aromatic nitrogens is 2. The molecule has 218 valence electrons. The third kappa shape index (κ3) is 5.03. The van der Waals surface area contributed by atoms with Crippen molar-refractivity contribution in [3.05, 3.63) is 179 Å². The van der Waals surface area contributed by atoms with Crippen LogP contribution in [0, 0.1) is 20.8 Å². The highest BCUT2D eigenvalue weighted by molar-refractivity contribution is 6.18. The number of fused-ring (bicyclic) bond motifs is 5. The minimum Gasteiger partial charge on any atom is -0.308 e. The van der Waals surface area contributed by atoms with Crippen LogP contribution in [-0.2, 0) is 0 Å². The van der Waals surface area contributed by atoms with Crippen LogP contribution in [0.15, 0.2) is 156 Å². The first-order chi connectivity index (χ1) is 22.0. The fourth-order valence-corrected chi connectivity index (χ4v) is 6.38. The molecule has 6 aromatic carbocycles. The Morgan fingerprint density at radius 1 is 0.444 bits per heavy atom. The maximum absolute atomic E-state index is 14.5. The lowest BCUT2D eigenvalue weighted by molar-refractivity contribution is 1.06. The number of rotatable bonds is 3. The molecule has 0 N–H and O–H groups in total. The van der Waals surface area contributed by atoms with Crippen LogP contribution in [0.2, 0.25) is 0 Å². The quantitative estimate of drug-likeness (QED) is 0.204. The molecule has 0 unspecified atom stereocenters. The second-order valence-corrected chi connectivity index (χ2v) is 11.5.